The van der Waals surface area contributed by atoms with Crippen LogP contribution in [0.4, 0.5) is 0 Å². The van der Waals surface area contributed by atoms with Crippen LogP contribution in [0.15, 0.2) is 35.1 Å². The van der Waals surface area contributed by atoms with Crippen molar-refractivity contribution in [2.75, 3.05) is 6.61 Å². The minimum atomic E-state index is -1.27. The Morgan fingerprint density at radius 2 is 2.10 bits per heavy atom. The van der Waals surface area contributed by atoms with E-state index in [1.807, 2.05) is 13.0 Å². The maximum atomic E-state index is 11.7. The molecule has 0 radical (unpaired) electrons. The van der Waals surface area contributed by atoms with Crippen molar-refractivity contribution in [2.45, 2.75) is 6.92 Å². The van der Waals surface area contributed by atoms with Crippen LogP contribution in [0, 0.1) is 0 Å². The van der Waals surface area contributed by atoms with Crippen molar-refractivity contribution in [1.29, 1.82) is 0 Å². The molecule has 0 atom stereocenters. The number of benzene rings is 1. The molecule has 0 bridgehead atoms. The van der Waals surface area contributed by atoms with Crippen LogP contribution in [0.2, 0.25) is 0 Å². The minimum absolute atomic E-state index is 0.316. The van der Waals surface area contributed by atoms with Gasteiger partial charge in [-0.1, -0.05) is 12.1 Å². The molecule has 1 aromatic heterocycles. The quantitative estimate of drug-likeness (QED) is 0.914. The number of aryl methyl sites for hydroxylation is 1. The second-order valence-corrected chi connectivity index (χ2v) is 4.11. The zero-order chi connectivity index (χ0) is 14.7. The van der Waals surface area contributed by atoms with Crippen molar-refractivity contribution in [2.24, 2.45) is 7.05 Å². The third-order valence-corrected chi connectivity index (χ3v) is 2.76. The SMILES string of the molecule is CCOc1ccccc1-c1cc(C(=O)O)c(=O)n(C)n1. The molecule has 0 spiro atoms. The lowest BCUT2D eigenvalue weighted by Crippen LogP contribution is -2.26. The summed E-state index contributed by atoms with van der Waals surface area (Å²) in [6.07, 6.45) is 0. The standard InChI is InChI=1S/C14H14N2O4/c1-3-20-12-7-5-4-6-9(12)11-8-10(14(18)19)13(17)16(2)15-11/h4-8H,3H2,1-2H3,(H,18,19). The van der Waals surface area contributed by atoms with Crippen molar-refractivity contribution in [3.8, 4) is 17.0 Å². The molecule has 2 rings (SSSR count). The van der Waals surface area contributed by atoms with Gasteiger partial charge in [0.1, 0.15) is 11.3 Å². The van der Waals surface area contributed by atoms with E-state index in [0.29, 0.717) is 23.6 Å². The van der Waals surface area contributed by atoms with Crippen LogP contribution >= 0.6 is 0 Å². The Bertz CT molecular complexity index is 707. The third kappa shape index (κ3) is 2.54. The molecule has 0 aliphatic heterocycles. The number of aromatic carboxylic acids is 1. The molecule has 0 unspecified atom stereocenters. The number of carboxylic acid groups (broad SMARTS) is 1. The molecule has 1 aromatic carbocycles. The average molecular weight is 274 g/mol. The maximum absolute atomic E-state index is 11.7. The minimum Gasteiger partial charge on any atom is -0.493 e. The number of hydrogen-bond acceptors (Lipinski definition) is 4. The molecule has 6 heteroatoms. The summed E-state index contributed by atoms with van der Waals surface area (Å²) in [4.78, 5) is 22.8. The van der Waals surface area contributed by atoms with E-state index in [0.717, 1.165) is 4.68 Å². The first-order valence-electron chi connectivity index (χ1n) is 6.08. The van der Waals surface area contributed by atoms with Gasteiger partial charge in [0.25, 0.3) is 5.56 Å². The molecule has 0 aliphatic rings. The van der Waals surface area contributed by atoms with E-state index >= 15 is 0 Å². The topological polar surface area (TPSA) is 81.4 Å². The van der Waals surface area contributed by atoms with E-state index in [9.17, 15) is 9.59 Å². The van der Waals surface area contributed by atoms with E-state index in [1.165, 1.54) is 13.1 Å². The van der Waals surface area contributed by atoms with Gasteiger partial charge < -0.3 is 9.84 Å². The average Bonchev–Trinajstić information content (AvgIpc) is 2.42. The number of ether oxygens (including phenoxy) is 1. The fraction of sp³-hybridized carbons (Fsp3) is 0.214. The Hall–Kier alpha value is -2.63. The summed E-state index contributed by atoms with van der Waals surface area (Å²) < 4.78 is 6.50. The summed E-state index contributed by atoms with van der Waals surface area (Å²) in [5.74, 6) is -0.680. The van der Waals surface area contributed by atoms with Gasteiger partial charge in [-0.05, 0) is 25.1 Å². The zero-order valence-electron chi connectivity index (χ0n) is 11.2. The van der Waals surface area contributed by atoms with Crippen molar-refractivity contribution < 1.29 is 14.6 Å². The molecule has 2 aromatic rings. The van der Waals surface area contributed by atoms with Crippen LogP contribution < -0.4 is 10.3 Å². The number of aromatic nitrogens is 2. The van der Waals surface area contributed by atoms with Gasteiger partial charge in [0.05, 0.1) is 12.3 Å². The lowest BCUT2D eigenvalue weighted by Gasteiger charge is -2.10. The molecule has 0 amide bonds. The Morgan fingerprint density at radius 1 is 1.40 bits per heavy atom. The number of carbonyl (C=O) groups is 1. The summed E-state index contributed by atoms with van der Waals surface area (Å²) in [7, 11) is 1.42. The van der Waals surface area contributed by atoms with Gasteiger partial charge in [0, 0.05) is 12.6 Å². The summed E-state index contributed by atoms with van der Waals surface area (Å²) in [5, 5.41) is 13.2. The predicted molar refractivity (Wildman–Crippen MR) is 73.0 cm³/mol. The fourth-order valence-corrected chi connectivity index (χ4v) is 1.85. The number of nitrogens with zero attached hydrogens (tertiary/aromatic N) is 2. The first-order chi connectivity index (χ1) is 9.54. The van der Waals surface area contributed by atoms with Crippen molar-refractivity contribution in [3.05, 3.63) is 46.2 Å². The maximum Gasteiger partial charge on any atom is 0.341 e. The molecule has 0 saturated heterocycles. The van der Waals surface area contributed by atoms with Crippen molar-refractivity contribution >= 4 is 5.97 Å². The second-order valence-electron chi connectivity index (χ2n) is 4.11. The molecular formula is C14H14N2O4. The first kappa shape index (κ1) is 13.8. The van der Waals surface area contributed by atoms with Crippen LogP contribution in [0.5, 0.6) is 5.75 Å². The number of rotatable bonds is 4. The van der Waals surface area contributed by atoms with E-state index in [-0.39, 0.29) is 5.56 Å². The smallest absolute Gasteiger partial charge is 0.341 e. The van der Waals surface area contributed by atoms with Crippen molar-refractivity contribution in [3.63, 3.8) is 0 Å². The fourth-order valence-electron chi connectivity index (χ4n) is 1.85. The van der Waals surface area contributed by atoms with E-state index in [4.69, 9.17) is 9.84 Å². The van der Waals surface area contributed by atoms with Gasteiger partial charge in [0.15, 0.2) is 0 Å². The third-order valence-electron chi connectivity index (χ3n) is 2.76. The largest absolute Gasteiger partial charge is 0.493 e. The van der Waals surface area contributed by atoms with Crippen LogP contribution in [0.3, 0.4) is 0 Å². The molecule has 1 N–H and O–H groups in total. The zero-order valence-corrected chi connectivity index (χ0v) is 11.2. The highest BCUT2D eigenvalue weighted by molar-refractivity contribution is 5.88. The number of carboxylic acids is 1. The lowest BCUT2D eigenvalue weighted by molar-refractivity contribution is 0.0694. The molecule has 0 fully saturated rings. The Balaban J connectivity index is 2.65. The second kappa shape index (κ2) is 5.56. The monoisotopic (exact) mass is 274 g/mol. The van der Waals surface area contributed by atoms with Gasteiger partial charge in [-0.3, -0.25) is 4.79 Å². The molecule has 20 heavy (non-hydrogen) atoms. The van der Waals surface area contributed by atoms with E-state index in [2.05, 4.69) is 5.10 Å². The van der Waals surface area contributed by atoms with Crippen LogP contribution in [0.25, 0.3) is 11.3 Å². The molecule has 0 aliphatic carbocycles. The van der Waals surface area contributed by atoms with Crippen LogP contribution in [-0.4, -0.2) is 27.5 Å². The van der Waals surface area contributed by atoms with Gasteiger partial charge in [-0.15, -0.1) is 0 Å². The van der Waals surface area contributed by atoms with Gasteiger partial charge >= 0.3 is 5.97 Å². The Morgan fingerprint density at radius 3 is 2.75 bits per heavy atom. The predicted octanol–water partition coefficient (Wildman–Crippen LogP) is 1.54. The highest BCUT2D eigenvalue weighted by Gasteiger charge is 2.15. The summed E-state index contributed by atoms with van der Waals surface area (Å²) >= 11 is 0. The van der Waals surface area contributed by atoms with Crippen molar-refractivity contribution in [1.82, 2.24) is 9.78 Å². The normalized spacial score (nSPS) is 10.3. The van der Waals surface area contributed by atoms with Crippen LogP contribution in [0.1, 0.15) is 17.3 Å². The highest BCUT2D eigenvalue weighted by atomic mass is 16.5. The molecule has 1 heterocycles. The molecular weight excluding hydrogens is 260 g/mol. The van der Waals surface area contributed by atoms with Gasteiger partial charge in [-0.25, -0.2) is 9.48 Å². The molecule has 104 valence electrons. The van der Waals surface area contributed by atoms with Gasteiger partial charge in [0.2, 0.25) is 0 Å². The van der Waals surface area contributed by atoms with Crippen LogP contribution in [-0.2, 0) is 7.05 Å². The lowest BCUT2D eigenvalue weighted by atomic mass is 10.1. The summed E-state index contributed by atoms with van der Waals surface area (Å²) in [6.45, 7) is 2.34. The first-order valence-corrected chi connectivity index (χ1v) is 6.08. The summed E-state index contributed by atoms with van der Waals surface area (Å²) in [6, 6.07) is 8.41. The number of hydrogen-bond donors (Lipinski definition) is 1. The summed E-state index contributed by atoms with van der Waals surface area (Å²) in [5.41, 5.74) is 0.0694. The Labute approximate surface area is 115 Å². The Kier molecular flexibility index (Phi) is 3.84. The van der Waals surface area contributed by atoms with E-state index < -0.39 is 11.5 Å². The van der Waals surface area contributed by atoms with E-state index in [1.54, 1.807) is 18.2 Å². The molecule has 0 saturated carbocycles. The van der Waals surface area contributed by atoms with Gasteiger partial charge in [-0.2, -0.15) is 5.10 Å². The number of para-hydroxylation sites is 1. The molecule has 6 nitrogen and oxygen atoms in total. The highest BCUT2D eigenvalue weighted by Crippen LogP contribution is 2.28.